The Bertz CT molecular complexity index is 900. The zero-order chi connectivity index (χ0) is 23.6. The third-order valence-electron chi connectivity index (χ3n) is 7.29. The van der Waals surface area contributed by atoms with Crippen molar-refractivity contribution in [3.63, 3.8) is 0 Å². The maximum absolute atomic E-state index is 12.6. The fourth-order valence-electron chi connectivity index (χ4n) is 5.81. The summed E-state index contributed by atoms with van der Waals surface area (Å²) >= 11 is 6.26. The lowest BCUT2D eigenvalue weighted by Gasteiger charge is -2.40. The molecule has 9 nitrogen and oxygen atoms in total. The van der Waals surface area contributed by atoms with Crippen LogP contribution in [0.25, 0.3) is 0 Å². The van der Waals surface area contributed by atoms with Gasteiger partial charge in [0.05, 0.1) is 24.0 Å². The molecule has 4 rings (SSSR count). The Balaban J connectivity index is 1.78. The Morgan fingerprint density at radius 3 is 2.59 bits per heavy atom. The van der Waals surface area contributed by atoms with Crippen LogP contribution in [0.15, 0.2) is 23.8 Å². The third kappa shape index (κ3) is 3.37. The number of aliphatic hydroxyl groups is 2. The molecule has 2 aliphatic heterocycles. The Labute approximate surface area is 190 Å². The number of halogens is 1. The number of carbonyl (C=O) groups excluding carboxylic acids is 3. The van der Waals surface area contributed by atoms with Gasteiger partial charge in [0, 0.05) is 36.3 Å². The van der Waals surface area contributed by atoms with E-state index in [-0.39, 0.29) is 30.1 Å². The predicted molar refractivity (Wildman–Crippen MR) is 109 cm³/mol. The smallest absolute Gasteiger partial charge is 0.334 e. The number of esters is 3. The van der Waals surface area contributed by atoms with Crippen molar-refractivity contribution < 1.29 is 43.5 Å². The molecule has 32 heavy (non-hydrogen) atoms. The van der Waals surface area contributed by atoms with E-state index in [9.17, 15) is 19.5 Å². The molecule has 0 aromatic carbocycles. The first-order chi connectivity index (χ1) is 15.0. The number of fused-ring (bicyclic) bond motifs is 5. The average Bonchev–Trinajstić information content (AvgIpc) is 3.26. The molecule has 0 aromatic heterocycles. The molecular weight excluding hydrogens is 444 g/mol. The lowest BCUT2D eigenvalue weighted by molar-refractivity contribution is -0.169. The van der Waals surface area contributed by atoms with Crippen molar-refractivity contribution in [2.45, 2.75) is 62.8 Å². The highest BCUT2D eigenvalue weighted by atomic mass is 35.5. The highest BCUT2D eigenvalue weighted by Crippen LogP contribution is 2.65. The van der Waals surface area contributed by atoms with E-state index in [1.165, 1.54) is 19.9 Å². The second-order valence-electron chi connectivity index (χ2n) is 9.22. The van der Waals surface area contributed by atoms with Crippen LogP contribution in [0.2, 0.25) is 0 Å². The number of hydrogen-bond acceptors (Lipinski definition) is 9. The van der Waals surface area contributed by atoms with Gasteiger partial charge in [-0.15, -0.1) is 11.6 Å². The van der Waals surface area contributed by atoms with Crippen LogP contribution in [0.5, 0.6) is 0 Å². The fourth-order valence-corrected chi connectivity index (χ4v) is 6.10. The summed E-state index contributed by atoms with van der Waals surface area (Å²) in [6, 6.07) is 0. The number of alkyl halides is 1. The highest BCUT2D eigenvalue weighted by molar-refractivity contribution is 6.18. The molecule has 0 amide bonds. The molecule has 176 valence electrons. The number of epoxide rings is 1. The standard InChI is InChI=1S/C22H27ClO9/c1-9(5-6-24)19(26)30-12-7-22(28,8-23)15-14(16-13(12)10(2)20(27)31-16)21(4)18(32-21)17(15)29-11(3)25/h5,12-18,24,28H,2,6-8H2,1,3-4H3/b9-5+/t12-,13-,14+,15+,16+,17+,18-,21+,22+/m1/s1. The van der Waals surface area contributed by atoms with Gasteiger partial charge in [0.1, 0.15) is 30.0 Å². The Morgan fingerprint density at radius 1 is 1.31 bits per heavy atom. The fraction of sp³-hybridized carbons (Fsp3) is 0.682. The van der Waals surface area contributed by atoms with Gasteiger partial charge >= 0.3 is 17.9 Å². The second-order valence-corrected chi connectivity index (χ2v) is 9.49. The SMILES string of the molecule is C=C1C(=O)O[C@H]2[C@H]1[C@H](OC(=O)/C(C)=C/CO)C[C@](O)(CCl)[C@@H]1[C@H](OC(C)=O)[C@H]3O[C@@]3(C)[C@H]21. The van der Waals surface area contributed by atoms with Crippen molar-refractivity contribution in [1.82, 2.24) is 0 Å². The van der Waals surface area contributed by atoms with Gasteiger partial charge in [0.25, 0.3) is 0 Å². The van der Waals surface area contributed by atoms with Crippen LogP contribution in [-0.4, -0.2) is 76.2 Å². The van der Waals surface area contributed by atoms with Crippen LogP contribution in [0, 0.1) is 17.8 Å². The van der Waals surface area contributed by atoms with E-state index in [1.54, 1.807) is 0 Å². The van der Waals surface area contributed by atoms with Crippen molar-refractivity contribution in [3.05, 3.63) is 23.8 Å². The minimum absolute atomic E-state index is 0.118. The summed E-state index contributed by atoms with van der Waals surface area (Å²) in [6.45, 7) is 8.09. The van der Waals surface area contributed by atoms with Gasteiger partial charge in [-0.05, 0) is 19.9 Å². The summed E-state index contributed by atoms with van der Waals surface area (Å²) in [5.74, 6) is -4.10. The molecule has 2 aliphatic carbocycles. The first-order valence-corrected chi connectivity index (χ1v) is 11.0. The molecule has 2 saturated carbocycles. The number of aliphatic hydroxyl groups excluding tert-OH is 1. The first kappa shape index (κ1) is 23.2. The number of hydrogen-bond donors (Lipinski definition) is 2. The minimum Gasteiger partial charge on any atom is -0.459 e. The van der Waals surface area contributed by atoms with E-state index in [0.717, 1.165) is 0 Å². The molecule has 4 aliphatic rings. The van der Waals surface area contributed by atoms with Gasteiger partial charge in [-0.3, -0.25) is 4.79 Å². The van der Waals surface area contributed by atoms with E-state index >= 15 is 0 Å². The molecule has 0 spiro atoms. The lowest BCUT2D eigenvalue weighted by Crippen LogP contribution is -2.52. The third-order valence-corrected chi connectivity index (χ3v) is 7.76. The van der Waals surface area contributed by atoms with Crippen molar-refractivity contribution in [2.24, 2.45) is 17.8 Å². The molecular formula is C22H27ClO9. The van der Waals surface area contributed by atoms with Crippen LogP contribution in [-0.2, 0) is 33.3 Å². The Hall–Kier alpha value is -1.94. The Morgan fingerprint density at radius 2 is 2.00 bits per heavy atom. The summed E-state index contributed by atoms with van der Waals surface area (Å²) in [5, 5.41) is 20.8. The topological polar surface area (TPSA) is 132 Å². The van der Waals surface area contributed by atoms with Crippen molar-refractivity contribution in [3.8, 4) is 0 Å². The van der Waals surface area contributed by atoms with E-state index < -0.39 is 71.3 Å². The predicted octanol–water partition coefficient (Wildman–Crippen LogP) is 0.643. The molecule has 2 N–H and O–H groups in total. The van der Waals surface area contributed by atoms with Gasteiger partial charge in [-0.25, -0.2) is 9.59 Å². The molecule has 9 atom stereocenters. The lowest BCUT2D eigenvalue weighted by atomic mass is 9.74. The molecule has 0 unspecified atom stereocenters. The van der Waals surface area contributed by atoms with Gasteiger partial charge in [-0.1, -0.05) is 6.58 Å². The Kier molecular flexibility index (Phi) is 5.68. The summed E-state index contributed by atoms with van der Waals surface area (Å²) in [6.07, 6.45) is -1.89. The molecule has 2 heterocycles. The number of rotatable bonds is 5. The second kappa shape index (κ2) is 7.83. The van der Waals surface area contributed by atoms with E-state index in [4.69, 9.17) is 35.7 Å². The van der Waals surface area contributed by atoms with Crippen molar-refractivity contribution >= 4 is 29.5 Å². The van der Waals surface area contributed by atoms with Crippen LogP contribution < -0.4 is 0 Å². The van der Waals surface area contributed by atoms with Crippen LogP contribution >= 0.6 is 11.6 Å². The summed E-state index contributed by atoms with van der Waals surface area (Å²) in [5.41, 5.74) is -2.12. The number of carbonyl (C=O) groups is 3. The maximum atomic E-state index is 12.6. The quantitative estimate of drug-likeness (QED) is 0.195. The molecule has 4 fully saturated rings. The van der Waals surface area contributed by atoms with Gasteiger partial charge in [0.2, 0.25) is 0 Å². The van der Waals surface area contributed by atoms with Gasteiger partial charge in [0.15, 0.2) is 0 Å². The van der Waals surface area contributed by atoms with E-state index in [2.05, 4.69) is 6.58 Å². The summed E-state index contributed by atoms with van der Waals surface area (Å²) in [7, 11) is 0. The van der Waals surface area contributed by atoms with Crippen LogP contribution in [0.4, 0.5) is 0 Å². The average molecular weight is 471 g/mol. The first-order valence-electron chi connectivity index (χ1n) is 10.5. The number of ether oxygens (including phenoxy) is 4. The maximum Gasteiger partial charge on any atom is 0.334 e. The summed E-state index contributed by atoms with van der Waals surface area (Å²) < 4.78 is 22.8. The van der Waals surface area contributed by atoms with Crippen LogP contribution in [0.3, 0.4) is 0 Å². The molecule has 0 radical (unpaired) electrons. The molecule has 10 heteroatoms. The zero-order valence-electron chi connectivity index (χ0n) is 18.1. The van der Waals surface area contributed by atoms with E-state index in [1.807, 2.05) is 6.92 Å². The summed E-state index contributed by atoms with van der Waals surface area (Å²) in [4.78, 5) is 36.9. The minimum atomic E-state index is -1.61. The molecule has 2 saturated heterocycles. The van der Waals surface area contributed by atoms with Crippen molar-refractivity contribution in [2.75, 3.05) is 12.5 Å². The van der Waals surface area contributed by atoms with Crippen LogP contribution in [0.1, 0.15) is 27.2 Å². The normalized spacial score (nSPS) is 44.7. The monoisotopic (exact) mass is 470 g/mol. The van der Waals surface area contributed by atoms with E-state index in [0.29, 0.717) is 0 Å². The van der Waals surface area contributed by atoms with Gasteiger partial charge in [-0.2, -0.15) is 0 Å². The zero-order valence-corrected chi connectivity index (χ0v) is 18.8. The van der Waals surface area contributed by atoms with Crippen molar-refractivity contribution in [1.29, 1.82) is 0 Å². The molecule has 0 bridgehead atoms. The van der Waals surface area contributed by atoms with Gasteiger partial charge < -0.3 is 29.2 Å². The largest absolute Gasteiger partial charge is 0.459 e. The molecule has 0 aromatic rings. The highest BCUT2D eigenvalue weighted by Gasteiger charge is 2.80.